The van der Waals surface area contributed by atoms with E-state index in [1.165, 1.54) is 12.8 Å². The zero-order valence-electron chi connectivity index (χ0n) is 8.60. The fraction of sp³-hybridized carbons (Fsp3) is 1.00. The van der Waals surface area contributed by atoms with E-state index in [-0.39, 0.29) is 0 Å². The highest BCUT2D eigenvalue weighted by molar-refractivity contribution is 4.82. The Balaban J connectivity index is 2.41. The van der Waals surface area contributed by atoms with Gasteiger partial charge in [-0.1, -0.05) is 13.3 Å². The molecule has 12 heavy (non-hydrogen) atoms. The van der Waals surface area contributed by atoms with Gasteiger partial charge in [0.25, 0.3) is 0 Å². The standard InChI is InChI=1S/C10H21NO/c1-4-5-10(2,3)11-6-8-12-9-7-11/h4-9H2,1-3H3. The largest absolute Gasteiger partial charge is 0.379 e. The van der Waals surface area contributed by atoms with Gasteiger partial charge in [0.15, 0.2) is 0 Å². The summed E-state index contributed by atoms with van der Waals surface area (Å²) in [5.74, 6) is 0. The van der Waals surface area contributed by atoms with Crippen molar-refractivity contribution in [3.05, 3.63) is 0 Å². The monoisotopic (exact) mass is 171 g/mol. The lowest BCUT2D eigenvalue weighted by atomic mass is 9.96. The molecule has 0 aromatic rings. The number of rotatable bonds is 3. The Morgan fingerprint density at radius 1 is 1.25 bits per heavy atom. The summed E-state index contributed by atoms with van der Waals surface area (Å²) in [7, 11) is 0. The molecule has 0 radical (unpaired) electrons. The van der Waals surface area contributed by atoms with Crippen LogP contribution in [0.3, 0.4) is 0 Å². The van der Waals surface area contributed by atoms with Crippen molar-refractivity contribution in [2.45, 2.75) is 39.2 Å². The van der Waals surface area contributed by atoms with Gasteiger partial charge in [0.05, 0.1) is 13.2 Å². The maximum atomic E-state index is 5.33. The molecule has 1 saturated heterocycles. The third kappa shape index (κ3) is 2.46. The summed E-state index contributed by atoms with van der Waals surface area (Å²) in [6.07, 6.45) is 2.55. The molecule has 0 aromatic carbocycles. The molecule has 1 aliphatic rings. The first-order valence-electron chi connectivity index (χ1n) is 4.99. The topological polar surface area (TPSA) is 12.5 Å². The molecule has 0 aromatic heterocycles. The molecule has 72 valence electrons. The van der Waals surface area contributed by atoms with Crippen LogP contribution in [-0.2, 0) is 4.74 Å². The van der Waals surface area contributed by atoms with Gasteiger partial charge in [-0.3, -0.25) is 4.90 Å². The molecule has 2 heteroatoms. The van der Waals surface area contributed by atoms with E-state index in [9.17, 15) is 0 Å². The number of nitrogens with zero attached hydrogens (tertiary/aromatic N) is 1. The minimum absolute atomic E-state index is 0.374. The van der Waals surface area contributed by atoms with E-state index < -0.39 is 0 Å². The third-order valence-corrected chi connectivity index (χ3v) is 2.73. The lowest BCUT2D eigenvalue weighted by molar-refractivity contribution is -0.0129. The van der Waals surface area contributed by atoms with Crippen LogP contribution in [0.1, 0.15) is 33.6 Å². The SMILES string of the molecule is CCCC(C)(C)N1CCOCC1. The van der Waals surface area contributed by atoms with Crippen molar-refractivity contribution < 1.29 is 4.74 Å². The molecule has 0 atom stereocenters. The summed E-state index contributed by atoms with van der Waals surface area (Å²) in [5, 5.41) is 0. The Kier molecular flexibility index (Phi) is 3.53. The first kappa shape index (κ1) is 10.0. The molecule has 0 unspecified atom stereocenters. The maximum absolute atomic E-state index is 5.33. The molecule has 1 rings (SSSR count). The number of ether oxygens (including phenoxy) is 1. The smallest absolute Gasteiger partial charge is 0.0594 e. The molecule has 0 amide bonds. The number of hydrogen-bond acceptors (Lipinski definition) is 2. The Labute approximate surface area is 75.9 Å². The summed E-state index contributed by atoms with van der Waals surface area (Å²) in [6.45, 7) is 11.0. The second-order valence-corrected chi connectivity index (χ2v) is 4.16. The van der Waals surface area contributed by atoms with Crippen molar-refractivity contribution in [2.75, 3.05) is 26.3 Å². The summed E-state index contributed by atoms with van der Waals surface area (Å²) in [6, 6.07) is 0. The average Bonchev–Trinajstić information content (AvgIpc) is 2.06. The molecule has 0 N–H and O–H groups in total. The van der Waals surface area contributed by atoms with Crippen LogP contribution in [0.2, 0.25) is 0 Å². The summed E-state index contributed by atoms with van der Waals surface area (Å²) < 4.78 is 5.33. The molecule has 1 fully saturated rings. The molecule has 0 aliphatic carbocycles. The summed E-state index contributed by atoms with van der Waals surface area (Å²) in [4.78, 5) is 2.54. The third-order valence-electron chi connectivity index (χ3n) is 2.73. The Hall–Kier alpha value is -0.0800. The summed E-state index contributed by atoms with van der Waals surface area (Å²) >= 11 is 0. The van der Waals surface area contributed by atoms with Crippen molar-refractivity contribution in [3.63, 3.8) is 0 Å². The Morgan fingerprint density at radius 2 is 1.83 bits per heavy atom. The van der Waals surface area contributed by atoms with E-state index in [1.807, 2.05) is 0 Å². The predicted molar refractivity (Wildman–Crippen MR) is 51.4 cm³/mol. The molecule has 0 saturated carbocycles. The fourth-order valence-corrected chi connectivity index (χ4v) is 1.94. The highest BCUT2D eigenvalue weighted by Crippen LogP contribution is 2.21. The minimum Gasteiger partial charge on any atom is -0.379 e. The van der Waals surface area contributed by atoms with Gasteiger partial charge in [0, 0.05) is 18.6 Å². The number of hydrogen-bond donors (Lipinski definition) is 0. The highest BCUT2D eigenvalue weighted by Gasteiger charge is 2.26. The van der Waals surface area contributed by atoms with E-state index in [4.69, 9.17) is 4.74 Å². The van der Waals surface area contributed by atoms with E-state index in [0.29, 0.717) is 5.54 Å². The Morgan fingerprint density at radius 3 is 2.33 bits per heavy atom. The second-order valence-electron chi connectivity index (χ2n) is 4.16. The van der Waals surface area contributed by atoms with E-state index >= 15 is 0 Å². The van der Waals surface area contributed by atoms with Gasteiger partial charge >= 0.3 is 0 Å². The molecule has 2 nitrogen and oxygen atoms in total. The van der Waals surface area contributed by atoms with E-state index in [0.717, 1.165) is 26.3 Å². The van der Waals surface area contributed by atoms with Crippen molar-refractivity contribution in [1.82, 2.24) is 4.90 Å². The average molecular weight is 171 g/mol. The van der Waals surface area contributed by atoms with E-state index in [1.54, 1.807) is 0 Å². The van der Waals surface area contributed by atoms with Crippen LogP contribution in [-0.4, -0.2) is 36.7 Å². The lowest BCUT2D eigenvalue weighted by Crippen LogP contribution is -2.49. The van der Waals surface area contributed by atoms with Crippen LogP contribution in [0.15, 0.2) is 0 Å². The zero-order chi connectivity index (χ0) is 9.03. The van der Waals surface area contributed by atoms with Gasteiger partial charge in [0.1, 0.15) is 0 Å². The van der Waals surface area contributed by atoms with Gasteiger partial charge in [-0.2, -0.15) is 0 Å². The zero-order valence-corrected chi connectivity index (χ0v) is 8.60. The van der Waals surface area contributed by atoms with Crippen LogP contribution >= 0.6 is 0 Å². The van der Waals surface area contributed by atoms with Crippen LogP contribution in [0.25, 0.3) is 0 Å². The van der Waals surface area contributed by atoms with Crippen molar-refractivity contribution in [3.8, 4) is 0 Å². The van der Waals surface area contributed by atoms with Crippen molar-refractivity contribution in [1.29, 1.82) is 0 Å². The number of morpholine rings is 1. The molecular weight excluding hydrogens is 150 g/mol. The molecule has 1 aliphatic heterocycles. The Bertz CT molecular complexity index is 128. The molecule has 0 spiro atoms. The van der Waals surface area contributed by atoms with Gasteiger partial charge in [-0.15, -0.1) is 0 Å². The van der Waals surface area contributed by atoms with Crippen LogP contribution in [0, 0.1) is 0 Å². The normalized spacial score (nSPS) is 21.2. The summed E-state index contributed by atoms with van der Waals surface area (Å²) in [5.41, 5.74) is 0.374. The van der Waals surface area contributed by atoms with Gasteiger partial charge in [-0.05, 0) is 20.3 Å². The van der Waals surface area contributed by atoms with Crippen molar-refractivity contribution >= 4 is 0 Å². The quantitative estimate of drug-likeness (QED) is 0.643. The maximum Gasteiger partial charge on any atom is 0.0594 e. The first-order valence-corrected chi connectivity index (χ1v) is 4.99. The fourth-order valence-electron chi connectivity index (χ4n) is 1.94. The van der Waals surface area contributed by atoms with Crippen LogP contribution in [0.5, 0.6) is 0 Å². The first-order chi connectivity index (χ1) is 5.67. The second kappa shape index (κ2) is 4.24. The van der Waals surface area contributed by atoms with Crippen LogP contribution < -0.4 is 0 Å². The van der Waals surface area contributed by atoms with Crippen LogP contribution in [0.4, 0.5) is 0 Å². The van der Waals surface area contributed by atoms with Crippen molar-refractivity contribution in [2.24, 2.45) is 0 Å². The molecule has 0 bridgehead atoms. The van der Waals surface area contributed by atoms with E-state index in [2.05, 4.69) is 25.7 Å². The molecule has 1 heterocycles. The van der Waals surface area contributed by atoms with Gasteiger partial charge in [-0.25, -0.2) is 0 Å². The van der Waals surface area contributed by atoms with Gasteiger partial charge < -0.3 is 4.74 Å². The lowest BCUT2D eigenvalue weighted by Gasteiger charge is -2.40. The molecular formula is C10H21NO. The predicted octanol–water partition coefficient (Wildman–Crippen LogP) is 1.90. The van der Waals surface area contributed by atoms with Gasteiger partial charge in [0.2, 0.25) is 0 Å². The minimum atomic E-state index is 0.374. The highest BCUT2D eigenvalue weighted by atomic mass is 16.5.